The quantitative estimate of drug-likeness (QED) is 0.502. The third-order valence-corrected chi connectivity index (χ3v) is 3.94. The van der Waals surface area contributed by atoms with Crippen LogP contribution in [0.1, 0.15) is 17.4 Å². The van der Waals surface area contributed by atoms with Gasteiger partial charge >= 0.3 is 0 Å². The summed E-state index contributed by atoms with van der Waals surface area (Å²) in [4.78, 5) is 4.16. The van der Waals surface area contributed by atoms with Crippen LogP contribution in [0.2, 0.25) is 5.02 Å². The van der Waals surface area contributed by atoms with Gasteiger partial charge in [0, 0.05) is 22.8 Å². The molecule has 0 N–H and O–H groups in total. The molecule has 0 radical (unpaired) electrons. The van der Waals surface area contributed by atoms with Gasteiger partial charge in [0.05, 0.1) is 6.33 Å². The molecule has 0 aliphatic heterocycles. The zero-order valence-corrected chi connectivity index (χ0v) is 13.7. The average Bonchev–Trinajstić information content (AvgIpc) is 3.18. The maximum Gasteiger partial charge on any atom is 0.134 e. The second-order valence-corrected chi connectivity index (χ2v) is 5.59. The average molecular weight is 345 g/mol. The molecule has 0 saturated heterocycles. The maximum atomic E-state index is 6.07. The van der Waals surface area contributed by atoms with Crippen molar-refractivity contribution >= 4 is 35.0 Å². The molecule has 23 heavy (non-hydrogen) atoms. The SMILES string of the molecule is Cl.Clc1ccc2oc(C(c3ccccc3)n3ccnc3)cc2c1. The predicted octanol–water partition coefficient (Wildman–Crippen LogP) is 5.34. The number of hydrogen-bond donors (Lipinski definition) is 0. The Bertz CT molecular complexity index is 901. The topological polar surface area (TPSA) is 31.0 Å². The van der Waals surface area contributed by atoms with Crippen LogP contribution in [0.4, 0.5) is 0 Å². The molecule has 1 atom stereocenters. The van der Waals surface area contributed by atoms with E-state index < -0.39 is 0 Å². The highest BCUT2D eigenvalue weighted by atomic mass is 35.5. The summed E-state index contributed by atoms with van der Waals surface area (Å²) < 4.78 is 8.09. The van der Waals surface area contributed by atoms with Crippen molar-refractivity contribution in [1.29, 1.82) is 0 Å². The summed E-state index contributed by atoms with van der Waals surface area (Å²) in [5.74, 6) is 0.862. The fourth-order valence-corrected chi connectivity index (χ4v) is 2.89. The second-order valence-electron chi connectivity index (χ2n) is 5.15. The first-order valence-electron chi connectivity index (χ1n) is 7.02. The molecule has 2 aromatic carbocycles. The van der Waals surface area contributed by atoms with Crippen molar-refractivity contribution in [2.45, 2.75) is 6.04 Å². The predicted molar refractivity (Wildman–Crippen MR) is 94.4 cm³/mol. The van der Waals surface area contributed by atoms with Gasteiger partial charge in [-0.2, -0.15) is 0 Å². The van der Waals surface area contributed by atoms with Crippen LogP contribution in [0, 0.1) is 0 Å². The van der Waals surface area contributed by atoms with E-state index in [-0.39, 0.29) is 18.4 Å². The normalized spacial score (nSPS) is 12.0. The lowest BCUT2D eigenvalue weighted by Gasteiger charge is -2.16. The Labute approximate surface area is 144 Å². The maximum absolute atomic E-state index is 6.07. The summed E-state index contributed by atoms with van der Waals surface area (Å²) in [6.45, 7) is 0. The lowest BCUT2D eigenvalue weighted by Crippen LogP contribution is -2.09. The van der Waals surface area contributed by atoms with E-state index in [9.17, 15) is 0 Å². The Hall–Kier alpha value is -2.23. The fourth-order valence-electron chi connectivity index (χ4n) is 2.71. The summed E-state index contributed by atoms with van der Waals surface area (Å²) in [6.07, 6.45) is 5.52. The molecule has 0 saturated carbocycles. The molecule has 2 heterocycles. The van der Waals surface area contributed by atoms with Crippen molar-refractivity contribution in [1.82, 2.24) is 9.55 Å². The van der Waals surface area contributed by atoms with E-state index in [0.29, 0.717) is 5.02 Å². The number of nitrogens with zero attached hydrogens (tertiary/aromatic N) is 2. The second kappa shape index (κ2) is 6.49. The van der Waals surface area contributed by atoms with Crippen LogP contribution in [0.25, 0.3) is 11.0 Å². The molecule has 4 aromatic rings. The van der Waals surface area contributed by atoms with Gasteiger partial charge in [0.1, 0.15) is 17.4 Å². The molecule has 2 aromatic heterocycles. The minimum absolute atomic E-state index is 0. The van der Waals surface area contributed by atoms with Crippen LogP contribution < -0.4 is 0 Å². The Morgan fingerprint density at radius 1 is 1.04 bits per heavy atom. The number of fused-ring (bicyclic) bond motifs is 1. The Kier molecular flexibility index (Phi) is 4.42. The first-order valence-corrected chi connectivity index (χ1v) is 7.40. The summed E-state index contributed by atoms with van der Waals surface area (Å²) in [5.41, 5.74) is 1.98. The van der Waals surface area contributed by atoms with Crippen molar-refractivity contribution < 1.29 is 4.42 Å². The largest absolute Gasteiger partial charge is 0.458 e. The molecule has 5 heteroatoms. The van der Waals surface area contributed by atoms with Crippen LogP contribution in [-0.2, 0) is 0 Å². The lowest BCUT2D eigenvalue weighted by atomic mass is 10.0. The van der Waals surface area contributed by atoms with Crippen molar-refractivity contribution in [2.75, 3.05) is 0 Å². The van der Waals surface area contributed by atoms with E-state index >= 15 is 0 Å². The summed E-state index contributed by atoms with van der Waals surface area (Å²) in [5, 5.41) is 1.71. The molecule has 0 spiro atoms. The number of imidazole rings is 1. The van der Waals surface area contributed by atoms with Gasteiger partial charge in [-0.25, -0.2) is 4.98 Å². The van der Waals surface area contributed by atoms with E-state index in [1.807, 2.05) is 53.2 Å². The van der Waals surface area contributed by atoms with E-state index in [1.165, 1.54) is 0 Å². The van der Waals surface area contributed by atoms with Gasteiger partial charge in [-0.15, -0.1) is 12.4 Å². The molecule has 1 unspecified atom stereocenters. The van der Waals surface area contributed by atoms with Crippen molar-refractivity contribution in [3.8, 4) is 0 Å². The molecule has 116 valence electrons. The van der Waals surface area contributed by atoms with Gasteiger partial charge in [0.25, 0.3) is 0 Å². The highest BCUT2D eigenvalue weighted by molar-refractivity contribution is 6.31. The minimum Gasteiger partial charge on any atom is -0.458 e. The Morgan fingerprint density at radius 3 is 2.61 bits per heavy atom. The third-order valence-electron chi connectivity index (χ3n) is 3.71. The highest BCUT2D eigenvalue weighted by Gasteiger charge is 2.20. The van der Waals surface area contributed by atoms with Crippen LogP contribution in [0.5, 0.6) is 0 Å². The van der Waals surface area contributed by atoms with Gasteiger partial charge in [-0.05, 0) is 29.8 Å². The van der Waals surface area contributed by atoms with Crippen LogP contribution >= 0.6 is 24.0 Å². The molecular weight excluding hydrogens is 331 g/mol. The molecule has 0 bridgehead atoms. The molecule has 4 rings (SSSR count). The number of furan rings is 1. The standard InChI is InChI=1S/C18H13ClN2O.ClH/c19-15-6-7-16-14(10-15)11-17(22-16)18(21-9-8-20-12-21)13-4-2-1-3-5-13;/h1-12,18H;1H. The van der Waals surface area contributed by atoms with E-state index in [1.54, 1.807) is 12.5 Å². The summed E-state index contributed by atoms with van der Waals surface area (Å²) >= 11 is 6.07. The zero-order chi connectivity index (χ0) is 14.9. The van der Waals surface area contributed by atoms with E-state index in [2.05, 4.69) is 17.1 Å². The van der Waals surface area contributed by atoms with E-state index in [4.69, 9.17) is 16.0 Å². The molecule has 0 aliphatic rings. The number of hydrogen-bond acceptors (Lipinski definition) is 2. The van der Waals surface area contributed by atoms with Gasteiger partial charge in [0.15, 0.2) is 0 Å². The van der Waals surface area contributed by atoms with Crippen LogP contribution in [0.15, 0.2) is 77.7 Å². The smallest absolute Gasteiger partial charge is 0.134 e. The van der Waals surface area contributed by atoms with E-state index in [0.717, 1.165) is 22.3 Å². The van der Waals surface area contributed by atoms with Gasteiger partial charge in [0.2, 0.25) is 0 Å². The fraction of sp³-hybridized carbons (Fsp3) is 0.0556. The highest BCUT2D eigenvalue weighted by Crippen LogP contribution is 2.32. The first kappa shape index (κ1) is 15.7. The Balaban J connectivity index is 0.00000156. The number of rotatable bonds is 3. The molecular formula is C18H14Cl2N2O. The monoisotopic (exact) mass is 344 g/mol. The number of benzene rings is 2. The third kappa shape index (κ3) is 2.98. The summed E-state index contributed by atoms with van der Waals surface area (Å²) in [6, 6.07) is 17.9. The molecule has 0 fully saturated rings. The van der Waals surface area contributed by atoms with Gasteiger partial charge in [-0.1, -0.05) is 41.9 Å². The molecule has 3 nitrogen and oxygen atoms in total. The first-order chi connectivity index (χ1) is 10.8. The van der Waals surface area contributed by atoms with Crippen molar-refractivity contribution in [2.24, 2.45) is 0 Å². The minimum atomic E-state index is -0.0464. The van der Waals surface area contributed by atoms with Crippen molar-refractivity contribution in [3.05, 3.63) is 89.7 Å². The number of halogens is 2. The van der Waals surface area contributed by atoms with Gasteiger partial charge < -0.3 is 8.98 Å². The van der Waals surface area contributed by atoms with Gasteiger partial charge in [-0.3, -0.25) is 0 Å². The molecule has 0 amide bonds. The number of aromatic nitrogens is 2. The van der Waals surface area contributed by atoms with Crippen LogP contribution in [-0.4, -0.2) is 9.55 Å². The Morgan fingerprint density at radius 2 is 1.87 bits per heavy atom. The van der Waals surface area contributed by atoms with Crippen LogP contribution in [0.3, 0.4) is 0 Å². The lowest BCUT2D eigenvalue weighted by molar-refractivity contribution is 0.487. The summed E-state index contributed by atoms with van der Waals surface area (Å²) in [7, 11) is 0. The molecule has 0 aliphatic carbocycles. The zero-order valence-electron chi connectivity index (χ0n) is 12.1. The van der Waals surface area contributed by atoms with Crippen molar-refractivity contribution in [3.63, 3.8) is 0 Å².